The van der Waals surface area contributed by atoms with Gasteiger partial charge in [0, 0.05) is 31.0 Å². The van der Waals surface area contributed by atoms with Crippen molar-refractivity contribution in [1.82, 2.24) is 4.90 Å². The molecule has 2 atom stereocenters. The first kappa shape index (κ1) is 25.2. The van der Waals surface area contributed by atoms with Crippen LogP contribution in [0.5, 0.6) is 0 Å². The van der Waals surface area contributed by atoms with E-state index >= 15 is 0 Å². The minimum absolute atomic E-state index is 0.531. The molecule has 1 saturated heterocycles. The quantitative estimate of drug-likeness (QED) is 0.207. The molecule has 0 spiro atoms. The van der Waals surface area contributed by atoms with Crippen LogP contribution >= 0.6 is 15.8 Å². The fraction of sp³-hybridized carbons (Fsp3) is 0.143. The van der Waals surface area contributed by atoms with Crippen molar-refractivity contribution < 1.29 is 0 Å². The zero-order valence-corrected chi connectivity index (χ0v) is 23.3. The molecule has 6 rings (SSSR count). The molecule has 188 valence electrons. The molecule has 0 radical (unpaired) electrons. The first-order chi connectivity index (χ1) is 18.9. The second-order valence-electron chi connectivity index (χ2n) is 9.90. The van der Waals surface area contributed by atoms with E-state index in [4.69, 9.17) is 0 Å². The maximum absolute atomic E-state index is 2.73. The highest BCUT2D eigenvalue weighted by molar-refractivity contribution is 7.77. The monoisotopic (exact) mass is 529 g/mol. The summed E-state index contributed by atoms with van der Waals surface area (Å²) >= 11 is 0. The van der Waals surface area contributed by atoms with Crippen LogP contribution in [-0.2, 0) is 6.54 Å². The third-order valence-corrected chi connectivity index (χ3v) is 13.4. The number of benzene rings is 5. The molecule has 3 heteroatoms. The summed E-state index contributed by atoms with van der Waals surface area (Å²) in [6.07, 6.45) is 0. The molecule has 5 aromatic rings. The van der Waals surface area contributed by atoms with Crippen molar-refractivity contribution in [1.29, 1.82) is 0 Å². The van der Waals surface area contributed by atoms with Crippen LogP contribution in [0.1, 0.15) is 5.56 Å². The summed E-state index contributed by atoms with van der Waals surface area (Å²) in [5, 5.41) is 5.95. The van der Waals surface area contributed by atoms with E-state index in [2.05, 4.69) is 157 Å². The molecule has 0 bridgehead atoms. The topological polar surface area (TPSA) is 3.24 Å². The summed E-state index contributed by atoms with van der Waals surface area (Å²) in [6.45, 7) is 3.24. The fourth-order valence-electron chi connectivity index (χ4n) is 5.74. The third-order valence-electron chi connectivity index (χ3n) is 7.38. The molecule has 1 heterocycles. The Labute approximate surface area is 229 Å². The molecule has 1 aliphatic heterocycles. The Hall–Kier alpha value is -3.08. The number of likely N-dealkylation sites (tertiary alicyclic amines) is 1. The van der Waals surface area contributed by atoms with Crippen LogP contribution in [0.15, 0.2) is 152 Å². The highest BCUT2D eigenvalue weighted by Crippen LogP contribution is 2.54. The Morgan fingerprint density at radius 3 is 1.03 bits per heavy atom. The van der Waals surface area contributed by atoms with Gasteiger partial charge in [0.05, 0.1) is 0 Å². The Morgan fingerprint density at radius 1 is 0.421 bits per heavy atom. The van der Waals surface area contributed by atoms with Crippen molar-refractivity contribution in [3.05, 3.63) is 157 Å². The van der Waals surface area contributed by atoms with E-state index in [0.29, 0.717) is 11.3 Å². The van der Waals surface area contributed by atoms with Gasteiger partial charge in [-0.05, 0) is 42.6 Å². The van der Waals surface area contributed by atoms with Gasteiger partial charge in [-0.25, -0.2) is 0 Å². The van der Waals surface area contributed by atoms with Crippen molar-refractivity contribution in [3.63, 3.8) is 0 Å². The summed E-state index contributed by atoms with van der Waals surface area (Å²) < 4.78 is 0. The van der Waals surface area contributed by atoms with Crippen molar-refractivity contribution >= 4 is 37.1 Å². The fourth-order valence-corrected chi connectivity index (χ4v) is 12.3. The smallest absolute Gasteiger partial charge is 0.0234 e. The molecule has 1 fully saturated rings. The second kappa shape index (κ2) is 12.2. The lowest BCUT2D eigenvalue weighted by molar-refractivity contribution is 0.333. The van der Waals surface area contributed by atoms with E-state index < -0.39 is 15.8 Å². The standard InChI is InChI=1S/C35H33NP2/c1-6-16-29(17-7-1)26-36-27-34(37(30-18-8-2-9-19-30)31-20-10-3-11-21-31)35(28-36)38(32-22-12-4-13-23-32)33-24-14-5-15-25-33/h1-25,34-35H,26-28H2. The summed E-state index contributed by atoms with van der Waals surface area (Å²) in [5.41, 5.74) is 2.52. The lowest BCUT2D eigenvalue weighted by Gasteiger charge is -2.34. The Morgan fingerprint density at radius 2 is 0.711 bits per heavy atom. The molecule has 2 unspecified atom stereocenters. The SMILES string of the molecule is c1ccc(CN2CC(P(c3ccccc3)c3ccccc3)C(P(c3ccccc3)c3ccccc3)C2)cc1. The first-order valence-corrected chi connectivity index (χ1v) is 16.2. The van der Waals surface area contributed by atoms with Crippen LogP contribution in [0.25, 0.3) is 0 Å². The van der Waals surface area contributed by atoms with E-state index in [9.17, 15) is 0 Å². The lowest BCUT2D eigenvalue weighted by atomic mass is 10.2. The molecular weight excluding hydrogens is 496 g/mol. The van der Waals surface area contributed by atoms with Crippen molar-refractivity contribution in [2.24, 2.45) is 0 Å². The second-order valence-corrected chi connectivity index (χ2v) is 14.8. The van der Waals surface area contributed by atoms with Crippen LogP contribution in [0.4, 0.5) is 0 Å². The summed E-state index contributed by atoms with van der Waals surface area (Å²) in [5.74, 6) is 0. The molecular formula is C35H33NP2. The van der Waals surface area contributed by atoms with E-state index in [-0.39, 0.29) is 0 Å². The van der Waals surface area contributed by atoms with Gasteiger partial charge in [-0.3, -0.25) is 4.90 Å². The first-order valence-electron chi connectivity index (χ1n) is 13.4. The molecule has 1 nitrogen and oxygen atoms in total. The van der Waals surface area contributed by atoms with Gasteiger partial charge in [-0.1, -0.05) is 152 Å². The zero-order chi connectivity index (χ0) is 25.6. The predicted molar refractivity (Wildman–Crippen MR) is 167 cm³/mol. The minimum atomic E-state index is -0.531. The molecule has 0 aliphatic carbocycles. The largest absolute Gasteiger partial charge is 0.298 e. The van der Waals surface area contributed by atoms with Crippen LogP contribution in [0.2, 0.25) is 0 Å². The number of hydrogen-bond acceptors (Lipinski definition) is 1. The van der Waals surface area contributed by atoms with Crippen molar-refractivity contribution in [3.8, 4) is 0 Å². The van der Waals surface area contributed by atoms with Gasteiger partial charge >= 0.3 is 0 Å². The van der Waals surface area contributed by atoms with Gasteiger partial charge in [-0.15, -0.1) is 0 Å². The molecule has 0 aromatic heterocycles. The summed E-state index contributed by atoms with van der Waals surface area (Å²) in [7, 11) is -1.06. The van der Waals surface area contributed by atoms with Crippen molar-refractivity contribution in [2.75, 3.05) is 13.1 Å². The van der Waals surface area contributed by atoms with Crippen LogP contribution in [-0.4, -0.2) is 29.3 Å². The predicted octanol–water partition coefficient (Wildman–Crippen LogP) is 6.51. The number of rotatable bonds is 8. The maximum Gasteiger partial charge on any atom is 0.0234 e. The molecule has 1 aliphatic rings. The van der Waals surface area contributed by atoms with Crippen LogP contribution in [0, 0.1) is 0 Å². The normalized spacial score (nSPS) is 17.7. The minimum Gasteiger partial charge on any atom is -0.298 e. The van der Waals surface area contributed by atoms with E-state index in [1.54, 1.807) is 0 Å². The van der Waals surface area contributed by atoms with Gasteiger partial charge in [-0.2, -0.15) is 0 Å². The Kier molecular flexibility index (Phi) is 8.09. The van der Waals surface area contributed by atoms with E-state index in [1.807, 2.05) is 0 Å². The average molecular weight is 530 g/mol. The van der Waals surface area contributed by atoms with Gasteiger partial charge in [0.1, 0.15) is 0 Å². The van der Waals surface area contributed by atoms with Gasteiger partial charge < -0.3 is 0 Å². The van der Waals surface area contributed by atoms with Gasteiger partial charge in [0.2, 0.25) is 0 Å². The van der Waals surface area contributed by atoms with Crippen molar-refractivity contribution in [2.45, 2.75) is 17.9 Å². The zero-order valence-electron chi connectivity index (χ0n) is 21.6. The molecule has 0 N–H and O–H groups in total. The highest BCUT2D eigenvalue weighted by Gasteiger charge is 2.43. The van der Waals surface area contributed by atoms with E-state index in [0.717, 1.165) is 19.6 Å². The van der Waals surface area contributed by atoms with E-state index in [1.165, 1.54) is 26.8 Å². The summed E-state index contributed by atoms with van der Waals surface area (Å²) in [4.78, 5) is 2.73. The molecule has 38 heavy (non-hydrogen) atoms. The van der Waals surface area contributed by atoms with Gasteiger partial charge in [0.15, 0.2) is 0 Å². The van der Waals surface area contributed by atoms with Gasteiger partial charge in [0.25, 0.3) is 0 Å². The lowest BCUT2D eigenvalue weighted by Crippen LogP contribution is -2.34. The van der Waals surface area contributed by atoms with Crippen LogP contribution in [0.3, 0.4) is 0 Å². The third kappa shape index (κ3) is 5.67. The maximum atomic E-state index is 2.73. The summed E-state index contributed by atoms with van der Waals surface area (Å²) in [6, 6.07) is 56.3. The Balaban J connectivity index is 1.47. The molecule has 0 amide bonds. The molecule has 5 aromatic carbocycles. The number of hydrogen-bond donors (Lipinski definition) is 0. The Bertz CT molecular complexity index is 1230. The average Bonchev–Trinajstić information content (AvgIpc) is 3.38. The highest BCUT2D eigenvalue weighted by atomic mass is 31.1. The number of nitrogens with zero attached hydrogens (tertiary/aromatic N) is 1. The van der Waals surface area contributed by atoms with Crippen LogP contribution < -0.4 is 21.2 Å². The molecule has 0 saturated carbocycles.